The summed E-state index contributed by atoms with van der Waals surface area (Å²) < 4.78 is 19.4. The molecule has 0 N–H and O–H groups in total. The minimum atomic E-state index is -0.699. The average Bonchev–Trinajstić information content (AvgIpc) is 2.96. The van der Waals surface area contributed by atoms with E-state index in [2.05, 4.69) is 15.9 Å². The van der Waals surface area contributed by atoms with Crippen molar-refractivity contribution in [3.05, 3.63) is 69.9 Å². The molecule has 1 fully saturated rings. The molecule has 0 saturated carbocycles. The quantitative estimate of drug-likeness (QED) is 0.716. The molecule has 1 atom stereocenters. The smallest absolute Gasteiger partial charge is 0.256 e. The number of hydrogen-bond acceptors (Lipinski definition) is 3. The molecule has 1 heterocycles. The van der Waals surface area contributed by atoms with Crippen LogP contribution >= 0.6 is 15.9 Å². The topological polar surface area (TPSA) is 49.9 Å². The summed E-state index contributed by atoms with van der Waals surface area (Å²) in [5.41, 5.74) is 1.22. The van der Waals surface area contributed by atoms with E-state index in [4.69, 9.17) is 4.74 Å². The molecule has 1 unspecified atom stereocenters. The maximum atomic E-state index is 13.1. The van der Waals surface area contributed by atoms with E-state index in [9.17, 15) is 14.0 Å². The predicted molar refractivity (Wildman–Crippen MR) is 107 cm³/mol. The summed E-state index contributed by atoms with van der Waals surface area (Å²) in [6, 6.07) is 13.0. The van der Waals surface area contributed by atoms with Crippen LogP contribution in [0.1, 0.15) is 28.4 Å². The van der Waals surface area contributed by atoms with Crippen molar-refractivity contribution in [2.45, 2.75) is 12.5 Å². The van der Waals surface area contributed by atoms with E-state index >= 15 is 0 Å². The highest BCUT2D eigenvalue weighted by Gasteiger charge is 2.29. The van der Waals surface area contributed by atoms with Gasteiger partial charge in [-0.15, -0.1) is 0 Å². The third-order valence-corrected chi connectivity index (χ3v) is 5.56. The van der Waals surface area contributed by atoms with Gasteiger partial charge in [-0.3, -0.25) is 9.59 Å². The van der Waals surface area contributed by atoms with Crippen molar-refractivity contribution in [2.75, 3.05) is 33.3 Å². The monoisotopic (exact) mass is 448 g/mol. The molecule has 0 spiro atoms. The number of hydrogen-bond donors (Lipinski definition) is 0. The second-order valence-electron chi connectivity index (χ2n) is 6.62. The second-order valence-corrected chi connectivity index (χ2v) is 7.47. The van der Waals surface area contributed by atoms with Gasteiger partial charge in [0.25, 0.3) is 11.8 Å². The van der Waals surface area contributed by atoms with E-state index in [1.54, 1.807) is 9.80 Å². The number of carbonyl (C=O) groups is 2. The summed E-state index contributed by atoms with van der Waals surface area (Å²) >= 11 is 3.47. The SMILES string of the molecule is COC(C(=O)N1CCCN(C(=O)c2ccc(F)cc2)CC1)c1ccccc1Br. The number of ether oxygens (including phenoxy) is 1. The molecule has 3 rings (SSSR count). The number of benzene rings is 2. The van der Waals surface area contributed by atoms with Crippen LogP contribution in [0.4, 0.5) is 4.39 Å². The summed E-state index contributed by atoms with van der Waals surface area (Å²) in [6.45, 7) is 1.95. The summed E-state index contributed by atoms with van der Waals surface area (Å²) in [5.74, 6) is -0.643. The fourth-order valence-corrected chi connectivity index (χ4v) is 3.82. The standard InChI is InChI=1S/C21H22BrFN2O3/c1-28-19(17-5-2-3-6-18(17)22)21(27)25-12-4-11-24(13-14-25)20(26)15-7-9-16(23)10-8-15/h2-3,5-10,19H,4,11-14H2,1H3. The van der Waals surface area contributed by atoms with Crippen LogP contribution in [0.25, 0.3) is 0 Å². The fraction of sp³-hybridized carbons (Fsp3) is 0.333. The first kappa shape index (κ1) is 20.5. The number of halogens is 2. The number of rotatable bonds is 4. The Kier molecular flexibility index (Phi) is 6.80. The molecular formula is C21H22BrFN2O3. The Bertz CT molecular complexity index is 844. The zero-order chi connectivity index (χ0) is 20.1. The van der Waals surface area contributed by atoms with Gasteiger partial charge in [0.1, 0.15) is 5.82 Å². The van der Waals surface area contributed by atoms with Crippen LogP contribution in [0.3, 0.4) is 0 Å². The van der Waals surface area contributed by atoms with Crippen LogP contribution in [-0.4, -0.2) is 54.9 Å². The van der Waals surface area contributed by atoms with Gasteiger partial charge in [0, 0.05) is 48.9 Å². The molecule has 2 aromatic carbocycles. The zero-order valence-corrected chi connectivity index (χ0v) is 17.2. The first-order chi connectivity index (χ1) is 13.5. The lowest BCUT2D eigenvalue weighted by Gasteiger charge is -2.26. The maximum Gasteiger partial charge on any atom is 0.256 e. The van der Waals surface area contributed by atoms with Crippen molar-refractivity contribution >= 4 is 27.7 Å². The molecule has 2 aromatic rings. The van der Waals surface area contributed by atoms with Crippen molar-refractivity contribution in [3.63, 3.8) is 0 Å². The summed E-state index contributed by atoms with van der Waals surface area (Å²) in [6.07, 6.45) is -0.0274. The van der Waals surface area contributed by atoms with Gasteiger partial charge >= 0.3 is 0 Å². The molecule has 148 valence electrons. The first-order valence-electron chi connectivity index (χ1n) is 9.12. The van der Waals surface area contributed by atoms with E-state index < -0.39 is 6.10 Å². The van der Waals surface area contributed by atoms with Crippen LogP contribution in [0, 0.1) is 5.82 Å². The molecule has 0 aromatic heterocycles. The summed E-state index contributed by atoms with van der Waals surface area (Å²) in [5, 5.41) is 0. The van der Waals surface area contributed by atoms with Crippen molar-refractivity contribution < 1.29 is 18.7 Å². The zero-order valence-electron chi connectivity index (χ0n) is 15.6. The van der Waals surface area contributed by atoms with Gasteiger partial charge in [-0.05, 0) is 36.8 Å². The molecular weight excluding hydrogens is 427 g/mol. The third-order valence-electron chi connectivity index (χ3n) is 4.83. The van der Waals surface area contributed by atoms with Crippen LogP contribution < -0.4 is 0 Å². The highest BCUT2D eigenvalue weighted by atomic mass is 79.9. The molecule has 28 heavy (non-hydrogen) atoms. The van der Waals surface area contributed by atoms with Gasteiger partial charge in [-0.2, -0.15) is 0 Å². The molecule has 1 aliphatic heterocycles. The molecule has 2 amide bonds. The fourth-order valence-electron chi connectivity index (χ4n) is 3.33. The van der Waals surface area contributed by atoms with Crippen molar-refractivity contribution in [1.29, 1.82) is 0 Å². The third kappa shape index (κ3) is 4.59. The van der Waals surface area contributed by atoms with Gasteiger partial charge in [-0.1, -0.05) is 34.1 Å². The predicted octanol–water partition coefficient (Wildman–Crippen LogP) is 3.65. The van der Waals surface area contributed by atoms with E-state index in [1.165, 1.54) is 31.4 Å². The lowest BCUT2D eigenvalue weighted by Crippen LogP contribution is -2.40. The molecule has 1 saturated heterocycles. The van der Waals surface area contributed by atoms with Gasteiger partial charge < -0.3 is 14.5 Å². The Morgan fingerprint density at radius 1 is 1.00 bits per heavy atom. The van der Waals surface area contributed by atoms with Gasteiger partial charge in [0.2, 0.25) is 0 Å². The lowest BCUT2D eigenvalue weighted by atomic mass is 10.1. The molecule has 5 nitrogen and oxygen atoms in total. The van der Waals surface area contributed by atoms with Crippen molar-refractivity contribution in [1.82, 2.24) is 9.80 Å². The Morgan fingerprint density at radius 3 is 2.32 bits per heavy atom. The highest BCUT2D eigenvalue weighted by Crippen LogP contribution is 2.27. The molecule has 7 heteroatoms. The highest BCUT2D eigenvalue weighted by molar-refractivity contribution is 9.10. The number of carbonyl (C=O) groups excluding carboxylic acids is 2. The Balaban J connectivity index is 1.68. The van der Waals surface area contributed by atoms with E-state index in [0.717, 1.165) is 10.0 Å². The van der Waals surface area contributed by atoms with E-state index in [1.807, 2.05) is 24.3 Å². The summed E-state index contributed by atoms with van der Waals surface area (Å²) in [7, 11) is 1.52. The van der Waals surface area contributed by atoms with E-state index in [0.29, 0.717) is 38.2 Å². The first-order valence-corrected chi connectivity index (χ1v) is 9.91. The van der Waals surface area contributed by atoms with Crippen LogP contribution in [0.15, 0.2) is 53.0 Å². The van der Waals surface area contributed by atoms with Gasteiger partial charge in [0.05, 0.1) is 0 Å². The minimum absolute atomic E-state index is 0.120. The van der Waals surface area contributed by atoms with Crippen LogP contribution in [0.2, 0.25) is 0 Å². The molecule has 0 aliphatic carbocycles. The van der Waals surface area contributed by atoms with Crippen LogP contribution in [-0.2, 0) is 9.53 Å². The number of amides is 2. The molecule has 0 radical (unpaired) electrons. The minimum Gasteiger partial charge on any atom is -0.367 e. The second kappa shape index (κ2) is 9.30. The Labute approximate surface area is 172 Å². The number of nitrogens with zero attached hydrogens (tertiary/aromatic N) is 2. The maximum absolute atomic E-state index is 13.1. The Morgan fingerprint density at radius 2 is 1.64 bits per heavy atom. The number of methoxy groups -OCH3 is 1. The summed E-state index contributed by atoms with van der Waals surface area (Å²) in [4.78, 5) is 29.2. The lowest BCUT2D eigenvalue weighted by molar-refractivity contribution is -0.142. The average molecular weight is 449 g/mol. The van der Waals surface area contributed by atoms with Crippen molar-refractivity contribution in [3.8, 4) is 0 Å². The van der Waals surface area contributed by atoms with Gasteiger partial charge in [0.15, 0.2) is 6.10 Å². The Hall–Kier alpha value is -2.25. The van der Waals surface area contributed by atoms with Gasteiger partial charge in [-0.25, -0.2) is 4.39 Å². The molecule has 0 bridgehead atoms. The van der Waals surface area contributed by atoms with Crippen LogP contribution in [0.5, 0.6) is 0 Å². The van der Waals surface area contributed by atoms with Crippen molar-refractivity contribution in [2.24, 2.45) is 0 Å². The van der Waals surface area contributed by atoms with E-state index in [-0.39, 0.29) is 17.6 Å². The normalized spacial score (nSPS) is 15.8. The molecule has 1 aliphatic rings. The largest absolute Gasteiger partial charge is 0.367 e.